The van der Waals surface area contributed by atoms with Crippen molar-refractivity contribution in [3.05, 3.63) is 30.3 Å². The Kier molecular flexibility index (Phi) is 4.66. The number of nitrogens with zero attached hydrogens (tertiary/aromatic N) is 2. The van der Waals surface area contributed by atoms with Gasteiger partial charge in [0.15, 0.2) is 5.96 Å². The second-order valence-corrected chi connectivity index (χ2v) is 5.46. The average molecular weight is 260 g/mol. The zero-order valence-corrected chi connectivity index (χ0v) is 11.8. The summed E-state index contributed by atoms with van der Waals surface area (Å²) in [6.45, 7) is 7.13. The van der Waals surface area contributed by atoms with Crippen LogP contribution >= 0.6 is 0 Å². The first-order chi connectivity index (χ1) is 9.15. The first kappa shape index (κ1) is 13.7. The van der Waals surface area contributed by atoms with Crippen LogP contribution in [-0.4, -0.2) is 31.6 Å². The molecule has 4 heteroatoms. The van der Waals surface area contributed by atoms with Crippen LogP contribution in [0.15, 0.2) is 35.3 Å². The van der Waals surface area contributed by atoms with E-state index in [1.54, 1.807) is 0 Å². The number of nitrogens with two attached hydrogens (primary N) is 1. The fraction of sp³-hybridized carbons (Fsp3) is 0.533. The highest BCUT2D eigenvalue weighted by atomic mass is 15.2. The van der Waals surface area contributed by atoms with Crippen molar-refractivity contribution in [2.75, 3.05) is 24.5 Å². The molecule has 0 aliphatic carbocycles. The maximum absolute atomic E-state index is 5.82. The van der Waals surface area contributed by atoms with E-state index in [1.807, 2.05) is 0 Å². The summed E-state index contributed by atoms with van der Waals surface area (Å²) in [7, 11) is 0. The van der Waals surface area contributed by atoms with Crippen molar-refractivity contribution in [3.63, 3.8) is 0 Å². The number of hydrogen-bond acceptors (Lipinski definition) is 2. The van der Waals surface area contributed by atoms with E-state index in [-0.39, 0.29) is 0 Å². The van der Waals surface area contributed by atoms with Crippen molar-refractivity contribution in [1.82, 2.24) is 5.32 Å². The molecule has 0 amide bonds. The maximum atomic E-state index is 5.82. The number of hydrogen-bond donors (Lipinski definition) is 2. The lowest BCUT2D eigenvalue weighted by Gasteiger charge is -2.18. The van der Waals surface area contributed by atoms with Crippen LogP contribution in [-0.2, 0) is 0 Å². The van der Waals surface area contributed by atoms with Gasteiger partial charge in [-0.3, -0.25) is 4.99 Å². The molecular weight excluding hydrogens is 236 g/mol. The first-order valence-electron chi connectivity index (χ1n) is 7.01. The van der Waals surface area contributed by atoms with Gasteiger partial charge in [0.25, 0.3) is 0 Å². The summed E-state index contributed by atoms with van der Waals surface area (Å²) in [5.41, 5.74) is 7.13. The highest BCUT2D eigenvalue weighted by Crippen LogP contribution is 2.23. The Bertz CT molecular complexity index is 413. The summed E-state index contributed by atoms with van der Waals surface area (Å²) in [5.74, 6) is 1.17. The molecule has 0 aromatic heterocycles. The molecule has 0 spiro atoms. The van der Waals surface area contributed by atoms with E-state index in [0.717, 1.165) is 19.6 Å². The molecule has 19 heavy (non-hydrogen) atoms. The van der Waals surface area contributed by atoms with Crippen molar-refractivity contribution < 1.29 is 0 Å². The van der Waals surface area contributed by atoms with Crippen molar-refractivity contribution in [2.24, 2.45) is 16.6 Å². The van der Waals surface area contributed by atoms with Gasteiger partial charge in [0, 0.05) is 31.4 Å². The van der Waals surface area contributed by atoms with Gasteiger partial charge in [0.1, 0.15) is 0 Å². The normalized spacial score (nSPS) is 20.1. The van der Waals surface area contributed by atoms with E-state index in [9.17, 15) is 0 Å². The van der Waals surface area contributed by atoms with E-state index in [2.05, 4.69) is 59.4 Å². The average Bonchev–Trinajstić information content (AvgIpc) is 2.85. The Labute approximate surface area is 115 Å². The third kappa shape index (κ3) is 4.16. The maximum Gasteiger partial charge on any atom is 0.188 e. The molecule has 104 valence electrons. The number of aliphatic imine (C=N–C) groups is 1. The Hall–Kier alpha value is -1.71. The summed E-state index contributed by atoms with van der Waals surface area (Å²) in [5, 5.41) is 3.12. The second-order valence-electron chi connectivity index (χ2n) is 5.46. The summed E-state index contributed by atoms with van der Waals surface area (Å²) in [6.07, 6.45) is 1.19. The molecule has 2 rings (SSSR count). The van der Waals surface area contributed by atoms with Crippen LogP contribution in [0, 0.1) is 5.92 Å². The van der Waals surface area contributed by atoms with Gasteiger partial charge < -0.3 is 16.0 Å². The molecule has 1 saturated heterocycles. The first-order valence-corrected chi connectivity index (χ1v) is 7.01. The molecule has 3 N–H and O–H groups in total. The van der Waals surface area contributed by atoms with E-state index in [1.165, 1.54) is 12.1 Å². The number of guanidine groups is 1. The number of nitrogens with one attached hydrogen (secondary N) is 1. The van der Waals surface area contributed by atoms with Gasteiger partial charge in [-0.05, 0) is 38.3 Å². The Morgan fingerprint density at radius 1 is 1.42 bits per heavy atom. The van der Waals surface area contributed by atoms with Gasteiger partial charge in [0.05, 0.1) is 0 Å². The fourth-order valence-electron chi connectivity index (χ4n) is 2.42. The standard InChI is InChI=1S/C15H24N4/c1-12(2)18-15(16)17-10-13-8-9-19(11-13)14-6-4-3-5-7-14/h3-7,12-13H,8-11H2,1-2H3,(H3,16,17,18). The van der Waals surface area contributed by atoms with Crippen molar-refractivity contribution in [2.45, 2.75) is 26.3 Å². The molecule has 1 heterocycles. The number of anilines is 1. The molecule has 0 bridgehead atoms. The Morgan fingerprint density at radius 2 is 2.16 bits per heavy atom. The SMILES string of the molecule is CC(C)NC(N)=NCC1CCN(c2ccccc2)C1. The highest BCUT2D eigenvalue weighted by molar-refractivity contribution is 5.78. The lowest BCUT2D eigenvalue weighted by Crippen LogP contribution is -2.37. The van der Waals surface area contributed by atoms with E-state index in [0.29, 0.717) is 17.9 Å². The fourth-order valence-corrected chi connectivity index (χ4v) is 2.42. The largest absolute Gasteiger partial charge is 0.371 e. The van der Waals surface area contributed by atoms with Crippen LogP contribution in [0.25, 0.3) is 0 Å². The topological polar surface area (TPSA) is 53.6 Å². The minimum Gasteiger partial charge on any atom is -0.371 e. The molecule has 1 fully saturated rings. The van der Waals surface area contributed by atoms with Gasteiger partial charge in [-0.15, -0.1) is 0 Å². The zero-order valence-electron chi connectivity index (χ0n) is 11.8. The molecule has 1 aliphatic heterocycles. The Balaban J connectivity index is 1.83. The van der Waals surface area contributed by atoms with Gasteiger partial charge in [-0.1, -0.05) is 18.2 Å². The van der Waals surface area contributed by atoms with Crippen LogP contribution in [0.3, 0.4) is 0 Å². The minimum atomic E-state index is 0.341. The van der Waals surface area contributed by atoms with Crippen LogP contribution in [0.5, 0.6) is 0 Å². The quantitative estimate of drug-likeness (QED) is 0.641. The predicted octanol–water partition coefficient (Wildman–Crippen LogP) is 1.83. The summed E-state index contributed by atoms with van der Waals surface area (Å²) >= 11 is 0. The van der Waals surface area contributed by atoms with Crippen LogP contribution in [0.4, 0.5) is 5.69 Å². The molecule has 1 aromatic carbocycles. The van der Waals surface area contributed by atoms with Crippen molar-refractivity contribution in [1.29, 1.82) is 0 Å². The molecule has 0 radical (unpaired) electrons. The smallest absolute Gasteiger partial charge is 0.188 e. The Morgan fingerprint density at radius 3 is 2.84 bits per heavy atom. The lowest BCUT2D eigenvalue weighted by molar-refractivity contribution is 0.599. The number of rotatable bonds is 4. The molecule has 4 nitrogen and oxygen atoms in total. The molecular formula is C15H24N4. The van der Waals surface area contributed by atoms with Crippen molar-refractivity contribution >= 4 is 11.6 Å². The summed E-state index contributed by atoms with van der Waals surface area (Å²) in [6, 6.07) is 10.9. The zero-order chi connectivity index (χ0) is 13.7. The number of para-hydroxylation sites is 1. The monoisotopic (exact) mass is 260 g/mol. The second kappa shape index (κ2) is 6.45. The van der Waals surface area contributed by atoms with Crippen molar-refractivity contribution in [3.8, 4) is 0 Å². The van der Waals surface area contributed by atoms with E-state index in [4.69, 9.17) is 5.73 Å². The molecule has 1 aromatic rings. The lowest BCUT2D eigenvalue weighted by atomic mass is 10.1. The summed E-state index contributed by atoms with van der Waals surface area (Å²) in [4.78, 5) is 6.85. The summed E-state index contributed by atoms with van der Waals surface area (Å²) < 4.78 is 0. The molecule has 1 atom stereocenters. The van der Waals surface area contributed by atoms with Crippen LogP contribution in [0.1, 0.15) is 20.3 Å². The number of benzene rings is 1. The van der Waals surface area contributed by atoms with E-state index >= 15 is 0 Å². The highest BCUT2D eigenvalue weighted by Gasteiger charge is 2.22. The molecule has 1 unspecified atom stereocenters. The minimum absolute atomic E-state index is 0.341. The van der Waals surface area contributed by atoms with Gasteiger partial charge in [-0.2, -0.15) is 0 Å². The molecule has 0 saturated carbocycles. The van der Waals surface area contributed by atoms with E-state index < -0.39 is 0 Å². The van der Waals surface area contributed by atoms with Gasteiger partial charge >= 0.3 is 0 Å². The van der Waals surface area contributed by atoms with Crippen LogP contribution < -0.4 is 16.0 Å². The van der Waals surface area contributed by atoms with Crippen LogP contribution in [0.2, 0.25) is 0 Å². The molecule has 1 aliphatic rings. The van der Waals surface area contributed by atoms with Gasteiger partial charge in [-0.25, -0.2) is 0 Å². The third-order valence-corrected chi connectivity index (χ3v) is 3.36. The predicted molar refractivity (Wildman–Crippen MR) is 81.5 cm³/mol. The third-order valence-electron chi connectivity index (χ3n) is 3.36. The van der Waals surface area contributed by atoms with Gasteiger partial charge in [0.2, 0.25) is 0 Å².